The van der Waals surface area contributed by atoms with Gasteiger partial charge in [-0.05, 0) is 46.0 Å². The van der Waals surface area contributed by atoms with Gasteiger partial charge in [-0.1, -0.05) is 0 Å². The van der Waals surface area contributed by atoms with Gasteiger partial charge in [0.25, 0.3) is 0 Å². The number of rotatable bonds is 6. The van der Waals surface area contributed by atoms with Crippen LogP contribution in [-0.2, 0) is 16.6 Å². The molecule has 0 radical (unpaired) electrons. The fourth-order valence-electron chi connectivity index (χ4n) is 2.09. The van der Waals surface area contributed by atoms with Crippen molar-refractivity contribution in [3.05, 3.63) is 37.7 Å². The summed E-state index contributed by atoms with van der Waals surface area (Å²) in [6.07, 6.45) is 0. The molecule has 1 atom stereocenters. The Hall–Kier alpha value is -0.730. The van der Waals surface area contributed by atoms with Crippen molar-refractivity contribution in [1.29, 1.82) is 0 Å². The summed E-state index contributed by atoms with van der Waals surface area (Å²) in [4.78, 5) is 4.44. The highest BCUT2D eigenvalue weighted by molar-refractivity contribution is 7.89. The third kappa shape index (κ3) is 3.92. The summed E-state index contributed by atoms with van der Waals surface area (Å²) in [5.74, 6) is 0. The molecule has 0 spiro atoms. The maximum Gasteiger partial charge on any atom is 0.242 e. The third-order valence-electron chi connectivity index (χ3n) is 3.08. The van der Waals surface area contributed by atoms with Gasteiger partial charge in [0.05, 0.1) is 10.9 Å². The van der Waals surface area contributed by atoms with E-state index in [9.17, 15) is 8.42 Å². The summed E-state index contributed by atoms with van der Waals surface area (Å²) in [5.41, 5.74) is 0. The molecule has 0 aliphatic carbocycles. The molecule has 21 heavy (non-hydrogen) atoms. The fourth-order valence-corrected chi connectivity index (χ4v) is 5.92. The van der Waals surface area contributed by atoms with Crippen LogP contribution in [0.4, 0.5) is 0 Å². The van der Waals surface area contributed by atoms with Crippen molar-refractivity contribution in [1.82, 2.24) is 10.0 Å². The molecule has 2 heterocycles. The van der Waals surface area contributed by atoms with Gasteiger partial charge < -0.3 is 5.32 Å². The Labute approximate surface area is 134 Å². The highest BCUT2D eigenvalue weighted by atomic mass is 32.2. The highest BCUT2D eigenvalue weighted by Gasteiger charge is 2.23. The minimum absolute atomic E-state index is 0.222. The molecule has 0 amide bonds. The molecule has 1 unspecified atom stereocenters. The summed E-state index contributed by atoms with van der Waals surface area (Å²) < 4.78 is 27.8. The Balaban J connectivity index is 2.22. The molecule has 0 saturated heterocycles. The average molecular weight is 345 g/mol. The first-order valence-electron chi connectivity index (χ1n) is 6.66. The molecule has 2 aromatic rings. The van der Waals surface area contributed by atoms with Crippen LogP contribution in [0.5, 0.6) is 0 Å². The largest absolute Gasteiger partial charge is 0.315 e. The van der Waals surface area contributed by atoms with Gasteiger partial charge in [-0.3, -0.25) is 0 Å². The molecule has 4 nitrogen and oxygen atoms in total. The molecular weight excluding hydrogens is 324 g/mol. The molecule has 7 heteroatoms. The Bertz CT molecular complexity index is 716. The van der Waals surface area contributed by atoms with Gasteiger partial charge in [0.2, 0.25) is 10.0 Å². The molecular formula is C14H20N2O2S3. The fraction of sp³-hybridized carbons (Fsp3) is 0.429. The van der Waals surface area contributed by atoms with Gasteiger partial charge in [-0.25, -0.2) is 13.1 Å². The zero-order valence-corrected chi connectivity index (χ0v) is 15.0. The van der Waals surface area contributed by atoms with Crippen LogP contribution in [0.3, 0.4) is 0 Å². The molecule has 0 bridgehead atoms. The summed E-state index contributed by atoms with van der Waals surface area (Å²) >= 11 is 3.13. The highest BCUT2D eigenvalue weighted by Crippen LogP contribution is 2.28. The summed E-state index contributed by atoms with van der Waals surface area (Å²) in [6.45, 7) is 6.42. The van der Waals surface area contributed by atoms with Crippen LogP contribution in [-0.4, -0.2) is 15.5 Å². The number of hydrogen-bond donors (Lipinski definition) is 2. The van der Waals surface area contributed by atoms with E-state index in [-0.39, 0.29) is 6.04 Å². The summed E-state index contributed by atoms with van der Waals surface area (Å²) in [6, 6.07) is 5.51. The van der Waals surface area contributed by atoms with Gasteiger partial charge in [-0.15, -0.1) is 22.7 Å². The zero-order valence-electron chi connectivity index (χ0n) is 12.6. The van der Waals surface area contributed by atoms with Crippen LogP contribution < -0.4 is 10.0 Å². The SMILES string of the molecule is CNCc1cc(S(=O)(=O)NC(C)c2ccc(C)s2)c(C)s1. The van der Waals surface area contributed by atoms with Gasteiger partial charge in [0, 0.05) is 26.1 Å². The second-order valence-electron chi connectivity index (χ2n) is 4.95. The van der Waals surface area contributed by atoms with E-state index in [1.165, 1.54) is 16.2 Å². The lowest BCUT2D eigenvalue weighted by molar-refractivity contribution is 0.568. The van der Waals surface area contributed by atoms with E-state index < -0.39 is 10.0 Å². The van der Waals surface area contributed by atoms with E-state index in [1.54, 1.807) is 17.4 Å². The third-order valence-corrected chi connectivity index (χ3v) is 7.11. The maximum absolute atomic E-state index is 12.5. The van der Waals surface area contributed by atoms with Crippen LogP contribution in [0.15, 0.2) is 23.1 Å². The van der Waals surface area contributed by atoms with Gasteiger partial charge in [0.15, 0.2) is 0 Å². The van der Waals surface area contributed by atoms with E-state index in [0.29, 0.717) is 11.4 Å². The summed E-state index contributed by atoms with van der Waals surface area (Å²) in [5, 5.41) is 3.04. The molecule has 2 rings (SSSR count). The minimum atomic E-state index is -3.49. The molecule has 2 aromatic heterocycles. The molecule has 0 aliphatic heterocycles. The smallest absolute Gasteiger partial charge is 0.242 e. The van der Waals surface area contributed by atoms with Crippen molar-refractivity contribution in [2.75, 3.05) is 7.05 Å². The van der Waals surface area contributed by atoms with Crippen molar-refractivity contribution in [3.8, 4) is 0 Å². The van der Waals surface area contributed by atoms with Gasteiger partial charge >= 0.3 is 0 Å². The van der Waals surface area contributed by atoms with E-state index in [4.69, 9.17) is 0 Å². The molecule has 0 saturated carbocycles. The second-order valence-corrected chi connectivity index (χ2v) is 9.30. The lowest BCUT2D eigenvalue weighted by Gasteiger charge is -2.12. The molecule has 2 N–H and O–H groups in total. The van der Waals surface area contributed by atoms with Crippen molar-refractivity contribution < 1.29 is 8.42 Å². The van der Waals surface area contributed by atoms with E-state index in [1.807, 2.05) is 40.0 Å². The van der Waals surface area contributed by atoms with Crippen molar-refractivity contribution in [3.63, 3.8) is 0 Å². The zero-order chi connectivity index (χ0) is 15.6. The molecule has 0 aromatic carbocycles. The maximum atomic E-state index is 12.5. The molecule has 0 aliphatic rings. The quantitative estimate of drug-likeness (QED) is 0.846. The van der Waals surface area contributed by atoms with E-state index >= 15 is 0 Å². The van der Waals surface area contributed by atoms with Crippen LogP contribution in [0.1, 0.15) is 32.5 Å². The van der Waals surface area contributed by atoms with Gasteiger partial charge in [0.1, 0.15) is 0 Å². The average Bonchev–Trinajstić information content (AvgIpc) is 2.96. The Kier molecular flexibility index (Phi) is 5.21. The van der Waals surface area contributed by atoms with Crippen molar-refractivity contribution in [2.45, 2.75) is 38.3 Å². The van der Waals surface area contributed by atoms with Crippen LogP contribution >= 0.6 is 22.7 Å². The van der Waals surface area contributed by atoms with Crippen LogP contribution in [0.2, 0.25) is 0 Å². The minimum Gasteiger partial charge on any atom is -0.315 e. The Morgan fingerprint density at radius 1 is 1.24 bits per heavy atom. The van der Waals surface area contributed by atoms with Crippen LogP contribution in [0, 0.1) is 13.8 Å². The monoisotopic (exact) mass is 344 g/mol. The van der Waals surface area contributed by atoms with Crippen molar-refractivity contribution >= 4 is 32.7 Å². The molecule has 0 fully saturated rings. The number of hydrogen-bond acceptors (Lipinski definition) is 5. The predicted octanol–water partition coefficient (Wildman–Crippen LogP) is 3.19. The second kappa shape index (κ2) is 6.58. The van der Waals surface area contributed by atoms with Crippen LogP contribution in [0.25, 0.3) is 0 Å². The first-order valence-corrected chi connectivity index (χ1v) is 9.77. The number of sulfonamides is 1. The normalized spacial score (nSPS) is 13.5. The first kappa shape index (κ1) is 16.6. The lowest BCUT2D eigenvalue weighted by atomic mass is 10.3. The number of nitrogens with one attached hydrogen (secondary N) is 2. The topological polar surface area (TPSA) is 58.2 Å². The standard InChI is InChI=1S/C14H20N2O2S3/c1-9-5-6-13(19-9)10(2)16-21(17,18)14-7-12(8-15-4)20-11(14)3/h5-7,10,15-16H,8H2,1-4H3. The Morgan fingerprint density at radius 3 is 2.52 bits per heavy atom. The number of aryl methyl sites for hydroxylation is 2. The molecule has 116 valence electrons. The first-order chi connectivity index (χ1) is 9.83. The van der Waals surface area contributed by atoms with E-state index in [2.05, 4.69) is 10.0 Å². The Morgan fingerprint density at radius 2 is 1.95 bits per heavy atom. The predicted molar refractivity (Wildman–Crippen MR) is 89.6 cm³/mol. The van der Waals surface area contributed by atoms with Gasteiger partial charge in [-0.2, -0.15) is 0 Å². The lowest BCUT2D eigenvalue weighted by Crippen LogP contribution is -2.26. The summed E-state index contributed by atoms with van der Waals surface area (Å²) in [7, 11) is -1.64. The van der Waals surface area contributed by atoms with Crippen molar-refractivity contribution in [2.24, 2.45) is 0 Å². The number of thiophene rings is 2. The van der Waals surface area contributed by atoms with E-state index in [0.717, 1.165) is 14.6 Å².